The highest BCUT2D eigenvalue weighted by Gasteiger charge is 2.23. The van der Waals surface area contributed by atoms with Gasteiger partial charge in [0.25, 0.3) is 0 Å². The molecule has 1 heterocycles. The number of sulfonamides is 1. The average Bonchev–Trinajstić information content (AvgIpc) is 2.87. The summed E-state index contributed by atoms with van der Waals surface area (Å²) in [4.78, 5) is 11.9. The molecule has 0 aliphatic carbocycles. The fourth-order valence-corrected chi connectivity index (χ4v) is 3.56. The van der Waals surface area contributed by atoms with E-state index in [0.717, 1.165) is 0 Å². The zero-order valence-electron chi connectivity index (χ0n) is 13.4. The number of aliphatic hydroxyl groups is 1. The first-order valence-corrected chi connectivity index (χ1v) is 8.74. The zero-order valence-corrected chi connectivity index (χ0v) is 14.2. The number of hydrogen-bond donors (Lipinski definition) is 3. The Morgan fingerprint density at radius 2 is 2.08 bits per heavy atom. The normalized spacial score (nSPS) is 11.5. The molecule has 1 aromatic carbocycles. The van der Waals surface area contributed by atoms with E-state index in [1.54, 1.807) is 24.3 Å². The van der Waals surface area contributed by atoms with Gasteiger partial charge in [-0.05, 0) is 31.5 Å². The van der Waals surface area contributed by atoms with E-state index in [-0.39, 0.29) is 41.8 Å². The highest BCUT2D eigenvalue weighted by molar-refractivity contribution is 7.89. The number of carbonyl (C=O) groups excluding carboxylic acids is 1. The van der Waals surface area contributed by atoms with E-state index in [1.807, 2.05) is 0 Å². The van der Waals surface area contributed by atoms with Gasteiger partial charge in [-0.2, -0.15) is 0 Å². The van der Waals surface area contributed by atoms with E-state index < -0.39 is 10.0 Å². The molecule has 2 aromatic rings. The van der Waals surface area contributed by atoms with Crippen LogP contribution in [0.25, 0.3) is 0 Å². The third-order valence-corrected chi connectivity index (χ3v) is 4.98. The monoisotopic (exact) mass is 353 g/mol. The first-order chi connectivity index (χ1) is 11.3. The first-order valence-electron chi connectivity index (χ1n) is 7.25. The Labute approximate surface area is 139 Å². The third-order valence-electron chi connectivity index (χ3n) is 3.27. The van der Waals surface area contributed by atoms with Crippen LogP contribution in [0.2, 0.25) is 0 Å². The van der Waals surface area contributed by atoms with Crippen LogP contribution in [0.15, 0.2) is 33.7 Å². The van der Waals surface area contributed by atoms with Crippen molar-refractivity contribution >= 4 is 21.6 Å². The molecule has 0 radical (unpaired) electrons. The Morgan fingerprint density at radius 3 is 2.71 bits per heavy atom. The van der Waals surface area contributed by atoms with Crippen LogP contribution in [-0.2, 0) is 21.4 Å². The topological polar surface area (TPSA) is 122 Å². The van der Waals surface area contributed by atoms with E-state index in [1.165, 1.54) is 13.8 Å². The predicted molar refractivity (Wildman–Crippen MR) is 86.8 cm³/mol. The number of aromatic nitrogens is 1. The summed E-state index contributed by atoms with van der Waals surface area (Å²) in [5.41, 5.74) is 1.48. The Morgan fingerprint density at radius 1 is 1.33 bits per heavy atom. The van der Waals surface area contributed by atoms with Crippen LogP contribution >= 0.6 is 0 Å². The number of anilines is 1. The smallest absolute Gasteiger partial charge is 0.245 e. The molecule has 8 nitrogen and oxygen atoms in total. The second-order valence-corrected chi connectivity index (χ2v) is 6.91. The van der Waals surface area contributed by atoms with Gasteiger partial charge in [0.15, 0.2) is 5.76 Å². The molecule has 0 bridgehead atoms. The van der Waals surface area contributed by atoms with Crippen LogP contribution in [0.5, 0.6) is 0 Å². The molecule has 0 saturated carbocycles. The van der Waals surface area contributed by atoms with Gasteiger partial charge in [0.2, 0.25) is 15.9 Å². The van der Waals surface area contributed by atoms with Crippen molar-refractivity contribution in [1.29, 1.82) is 0 Å². The largest absolute Gasteiger partial charge is 0.392 e. The number of nitrogens with one attached hydrogen (secondary N) is 2. The molecule has 9 heteroatoms. The molecule has 0 aliphatic rings. The van der Waals surface area contributed by atoms with Crippen molar-refractivity contribution in [2.75, 3.05) is 11.9 Å². The summed E-state index contributed by atoms with van der Waals surface area (Å²) < 4.78 is 31.6. The number of amides is 1. The minimum absolute atomic E-state index is 0.00134. The van der Waals surface area contributed by atoms with Crippen molar-refractivity contribution in [3.63, 3.8) is 0 Å². The second kappa shape index (κ2) is 7.56. The molecule has 1 amide bonds. The molecule has 0 spiro atoms. The van der Waals surface area contributed by atoms with Crippen molar-refractivity contribution in [1.82, 2.24) is 9.88 Å². The average molecular weight is 353 g/mol. The van der Waals surface area contributed by atoms with Gasteiger partial charge in [0.05, 0.1) is 6.61 Å². The lowest BCUT2D eigenvalue weighted by atomic mass is 10.2. The molecule has 0 saturated heterocycles. The number of hydrogen-bond acceptors (Lipinski definition) is 6. The maximum Gasteiger partial charge on any atom is 0.245 e. The van der Waals surface area contributed by atoms with Gasteiger partial charge in [0, 0.05) is 18.7 Å². The van der Waals surface area contributed by atoms with Gasteiger partial charge in [-0.3, -0.25) is 4.79 Å². The standard InChI is InChI=1S/C15H19N3O5S/c1-10-15(11(2)23-18-10)24(21,22)16-7-6-14(20)17-13-5-3-4-12(8-13)9-19/h3-5,8,16,19H,6-7,9H2,1-2H3,(H,17,20). The quantitative estimate of drug-likeness (QED) is 0.685. The summed E-state index contributed by atoms with van der Waals surface area (Å²) in [5.74, 6) is -0.142. The zero-order chi connectivity index (χ0) is 17.7. The van der Waals surface area contributed by atoms with Crippen LogP contribution in [0, 0.1) is 13.8 Å². The Kier molecular flexibility index (Phi) is 5.71. The first kappa shape index (κ1) is 18.1. The minimum Gasteiger partial charge on any atom is -0.392 e. The lowest BCUT2D eigenvalue weighted by Crippen LogP contribution is -2.28. The van der Waals surface area contributed by atoms with Gasteiger partial charge in [-0.1, -0.05) is 17.3 Å². The number of aryl methyl sites for hydroxylation is 2. The molecular formula is C15H19N3O5S. The summed E-state index contributed by atoms with van der Waals surface area (Å²) >= 11 is 0. The van der Waals surface area contributed by atoms with Crippen molar-refractivity contribution in [3.8, 4) is 0 Å². The summed E-state index contributed by atoms with van der Waals surface area (Å²) in [7, 11) is -3.78. The fourth-order valence-electron chi connectivity index (χ4n) is 2.20. The summed E-state index contributed by atoms with van der Waals surface area (Å²) in [6.45, 7) is 2.86. The molecule has 0 unspecified atom stereocenters. The SMILES string of the molecule is Cc1noc(C)c1S(=O)(=O)NCCC(=O)Nc1cccc(CO)c1. The maximum atomic E-state index is 12.2. The molecule has 1 aromatic heterocycles. The van der Waals surface area contributed by atoms with Crippen LogP contribution in [-0.4, -0.2) is 31.1 Å². The Hall–Kier alpha value is -2.23. The second-order valence-electron chi connectivity index (χ2n) is 5.21. The summed E-state index contributed by atoms with van der Waals surface area (Å²) in [6.07, 6.45) is -0.0358. The number of aliphatic hydroxyl groups excluding tert-OH is 1. The number of rotatable bonds is 7. The highest BCUT2D eigenvalue weighted by Crippen LogP contribution is 2.18. The van der Waals surface area contributed by atoms with Gasteiger partial charge >= 0.3 is 0 Å². The van der Waals surface area contributed by atoms with Crippen molar-refractivity contribution in [2.45, 2.75) is 31.8 Å². The number of carbonyl (C=O) groups is 1. The van der Waals surface area contributed by atoms with E-state index in [2.05, 4.69) is 15.2 Å². The predicted octanol–water partition coefficient (Wildman–Crippen LogP) is 1.09. The van der Waals surface area contributed by atoms with Crippen molar-refractivity contribution in [3.05, 3.63) is 41.3 Å². The molecule has 0 atom stereocenters. The maximum absolute atomic E-state index is 12.2. The lowest BCUT2D eigenvalue weighted by Gasteiger charge is -2.08. The lowest BCUT2D eigenvalue weighted by molar-refractivity contribution is -0.116. The van der Waals surface area contributed by atoms with Gasteiger partial charge in [-0.25, -0.2) is 13.1 Å². The molecule has 3 N–H and O–H groups in total. The molecule has 0 aliphatic heterocycles. The van der Waals surface area contributed by atoms with Crippen LogP contribution in [0.3, 0.4) is 0 Å². The highest BCUT2D eigenvalue weighted by atomic mass is 32.2. The molecular weight excluding hydrogens is 334 g/mol. The summed E-state index contributed by atoms with van der Waals surface area (Å²) in [6, 6.07) is 6.77. The van der Waals surface area contributed by atoms with E-state index >= 15 is 0 Å². The van der Waals surface area contributed by atoms with E-state index in [9.17, 15) is 13.2 Å². The minimum atomic E-state index is -3.78. The Bertz CT molecular complexity index is 810. The third kappa shape index (κ3) is 4.40. The van der Waals surface area contributed by atoms with Crippen molar-refractivity contribution in [2.24, 2.45) is 0 Å². The fraction of sp³-hybridized carbons (Fsp3) is 0.333. The van der Waals surface area contributed by atoms with E-state index in [0.29, 0.717) is 11.3 Å². The van der Waals surface area contributed by atoms with Crippen LogP contribution in [0.1, 0.15) is 23.4 Å². The molecule has 2 rings (SSSR count). The summed E-state index contributed by atoms with van der Waals surface area (Å²) in [5, 5.41) is 15.3. The molecule has 24 heavy (non-hydrogen) atoms. The van der Waals surface area contributed by atoms with Crippen molar-refractivity contribution < 1.29 is 22.8 Å². The molecule has 130 valence electrons. The van der Waals surface area contributed by atoms with Gasteiger partial charge in [-0.15, -0.1) is 0 Å². The van der Waals surface area contributed by atoms with Crippen LogP contribution in [0.4, 0.5) is 5.69 Å². The van der Waals surface area contributed by atoms with Crippen LogP contribution < -0.4 is 10.0 Å². The molecule has 0 fully saturated rings. The van der Waals surface area contributed by atoms with E-state index in [4.69, 9.17) is 9.63 Å². The number of nitrogens with zero attached hydrogens (tertiary/aromatic N) is 1. The van der Waals surface area contributed by atoms with Gasteiger partial charge < -0.3 is 14.9 Å². The Balaban J connectivity index is 1.90. The van der Waals surface area contributed by atoms with Gasteiger partial charge in [0.1, 0.15) is 10.6 Å². The number of benzene rings is 1.